The van der Waals surface area contributed by atoms with E-state index in [0.29, 0.717) is 6.42 Å². The molecule has 0 bridgehead atoms. The molecule has 0 radical (unpaired) electrons. The van der Waals surface area contributed by atoms with Crippen LogP contribution < -0.4 is 5.32 Å². The fourth-order valence-electron chi connectivity index (χ4n) is 3.04. The van der Waals surface area contributed by atoms with Gasteiger partial charge in [-0.25, -0.2) is 9.67 Å². The Bertz CT molecular complexity index is 1000. The summed E-state index contributed by atoms with van der Waals surface area (Å²) in [6, 6.07) is 15.8. The molecule has 0 saturated heterocycles. The number of carbonyl (C=O) groups excluding carboxylic acids is 1. The van der Waals surface area contributed by atoms with Gasteiger partial charge in [-0.1, -0.05) is 18.2 Å². The molecule has 4 rings (SSSR count). The molecule has 0 fully saturated rings. The SMILES string of the molecule is O=C(CCCc1c[nH]c2ccccc12)Nc1ccc(-n2cncn2)cc1. The minimum Gasteiger partial charge on any atom is -0.361 e. The fourth-order valence-corrected chi connectivity index (χ4v) is 3.04. The number of aryl methyl sites for hydroxylation is 1. The number of aromatic amines is 1. The smallest absolute Gasteiger partial charge is 0.224 e. The highest BCUT2D eigenvalue weighted by atomic mass is 16.1. The number of benzene rings is 2. The largest absolute Gasteiger partial charge is 0.361 e. The molecular formula is C20H19N5O. The van der Waals surface area contributed by atoms with Gasteiger partial charge in [0.15, 0.2) is 0 Å². The second-order valence-electron chi connectivity index (χ2n) is 6.15. The molecular weight excluding hydrogens is 326 g/mol. The first kappa shape index (κ1) is 16.1. The quantitative estimate of drug-likeness (QED) is 0.559. The summed E-state index contributed by atoms with van der Waals surface area (Å²) in [6.45, 7) is 0. The Labute approximate surface area is 150 Å². The lowest BCUT2D eigenvalue weighted by Gasteiger charge is -2.06. The normalized spacial score (nSPS) is 10.9. The first-order valence-electron chi connectivity index (χ1n) is 8.59. The summed E-state index contributed by atoms with van der Waals surface area (Å²) < 4.78 is 1.67. The molecule has 0 aliphatic heterocycles. The van der Waals surface area contributed by atoms with E-state index >= 15 is 0 Å². The van der Waals surface area contributed by atoms with Gasteiger partial charge in [0.1, 0.15) is 12.7 Å². The number of aromatic nitrogens is 4. The van der Waals surface area contributed by atoms with E-state index in [2.05, 4.69) is 32.5 Å². The van der Waals surface area contributed by atoms with Crippen LogP contribution in [0.4, 0.5) is 5.69 Å². The van der Waals surface area contributed by atoms with Gasteiger partial charge in [-0.2, -0.15) is 5.10 Å². The van der Waals surface area contributed by atoms with Crippen LogP contribution >= 0.6 is 0 Å². The van der Waals surface area contributed by atoms with Crippen LogP contribution in [-0.4, -0.2) is 25.7 Å². The molecule has 0 spiro atoms. The van der Waals surface area contributed by atoms with Gasteiger partial charge in [-0.15, -0.1) is 0 Å². The fraction of sp³-hybridized carbons (Fsp3) is 0.150. The lowest BCUT2D eigenvalue weighted by Crippen LogP contribution is -2.11. The number of nitrogens with zero attached hydrogens (tertiary/aromatic N) is 3. The van der Waals surface area contributed by atoms with Crippen molar-refractivity contribution in [1.82, 2.24) is 19.7 Å². The number of amides is 1. The molecule has 130 valence electrons. The number of rotatable bonds is 6. The van der Waals surface area contributed by atoms with E-state index in [0.717, 1.165) is 29.7 Å². The maximum atomic E-state index is 12.2. The van der Waals surface area contributed by atoms with Gasteiger partial charge in [0.05, 0.1) is 5.69 Å². The van der Waals surface area contributed by atoms with Crippen molar-refractivity contribution in [3.8, 4) is 5.69 Å². The maximum Gasteiger partial charge on any atom is 0.224 e. The van der Waals surface area contributed by atoms with Crippen LogP contribution in [0.1, 0.15) is 18.4 Å². The van der Waals surface area contributed by atoms with Crippen molar-refractivity contribution in [3.05, 3.63) is 72.9 Å². The van der Waals surface area contributed by atoms with Crippen LogP contribution in [-0.2, 0) is 11.2 Å². The minimum absolute atomic E-state index is 0.0262. The predicted octanol–water partition coefficient (Wildman–Crippen LogP) is 3.71. The van der Waals surface area contributed by atoms with Crippen LogP contribution in [0.3, 0.4) is 0 Å². The van der Waals surface area contributed by atoms with Crippen molar-refractivity contribution >= 4 is 22.5 Å². The molecule has 0 aliphatic carbocycles. The van der Waals surface area contributed by atoms with Gasteiger partial charge in [0, 0.05) is 29.2 Å². The van der Waals surface area contributed by atoms with E-state index in [1.807, 2.05) is 42.6 Å². The van der Waals surface area contributed by atoms with Crippen LogP contribution in [0.25, 0.3) is 16.6 Å². The average Bonchev–Trinajstić information content (AvgIpc) is 3.33. The molecule has 0 unspecified atom stereocenters. The molecule has 0 aliphatic rings. The molecule has 4 aromatic rings. The Morgan fingerprint density at radius 2 is 1.96 bits per heavy atom. The summed E-state index contributed by atoms with van der Waals surface area (Å²) in [5.74, 6) is 0.0262. The van der Waals surface area contributed by atoms with E-state index in [9.17, 15) is 4.79 Å². The van der Waals surface area contributed by atoms with Gasteiger partial charge in [-0.3, -0.25) is 4.79 Å². The zero-order valence-corrected chi connectivity index (χ0v) is 14.2. The standard InChI is InChI=1S/C20H19N5O/c26-20(7-3-4-15-12-22-19-6-2-1-5-18(15)19)24-16-8-10-17(11-9-16)25-14-21-13-23-25/h1-2,5-6,8-14,22H,3-4,7H2,(H,24,26). The van der Waals surface area contributed by atoms with Gasteiger partial charge in [0.25, 0.3) is 0 Å². The molecule has 0 saturated carbocycles. The summed E-state index contributed by atoms with van der Waals surface area (Å²) in [5.41, 5.74) is 4.08. The van der Waals surface area contributed by atoms with Crippen LogP contribution in [0.2, 0.25) is 0 Å². The Kier molecular flexibility index (Phi) is 4.47. The molecule has 2 aromatic heterocycles. The Morgan fingerprint density at radius 3 is 2.77 bits per heavy atom. The van der Waals surface area contributed by atoms with Crippen molar-refractivity contribution in [3.63, 3.8) is 0 Å². The number of carbonyl (C=O) groups is 1. The summed E-state index contributed by atoms with van der Waals surface area (Å²) >= 11 is 0. The van der Waals surface area contributed by atoms with Gasteiger partial charge in [0.2, 0.25) is 5.91 Å². The summed E-state index contributed by atoms with van der Waals surface area (Å²) in [6.07, 6.45) is 7.34. The topological polar surface area (TPSA) is 75.6 Å². The van der Waals surface area contributed by atoms with Crippen molar-refractivity contribution in [1.29, 1.82) is 0 Å². The zero-order chi connectivity index (χ0) is 17.8. The van der Waals surface area contributed by atoms with E-state index in [4.69, 9.17) is 0 Å². The summed E-state index contributed by atoms with van der Waals surface area (Å²) in [7, 11) is 0. The van der Waals surface area contributed by atoms with Crippen molar-refractivity contribution < 1.29 is 4.79 Å². The van der Waals surface area contributed by atoms with Crippen LogP contribution in [0.15, 0.2) is 67.4 Å². The number of H-pyrrole nitrogens is 1. The third-order valence-corrected chi connectivity index (χ3v) is 4.36. The van der Waals surface area contributed by atoms with E-state index in [-0.39, 0.29) is 5.91 Å². The first-order valence-corrected chi connectivity index (χ1v) is 8.59. The maximum absolute atomic E-state index is 12.2. The molecule has 2 aromatic carbocycles. The van der Waals surface area contributed by atoms with Crippen molar-refractivity contribution in [2.75, 3.05) is 5.32 Å². The van der Waals surface area contributed by atoms with Crippen LogP contribution in [0.5, 0.6) is 0 Å². The van der Waals surface area contributed by atoms with Gasteiger partial charge >= 0.3 is 0 Å². The summed E-state index contributed by atoms with van der Waals surface area (Å²) in [4.78, 5) is 19.4. The average molecular weight is 345 g/mol. The van der Waals surface area contributed by atoms with E-state index in [1.165, 1.54) is 17.3 Å². The Balaban J connectivity index is 1.30. The van der Waals surface area contributed by atoms with Crippen LogP contribution in [0, 0.1) is 0 Å². The molecule has 0 atom stereocenters. The third-order valence-electron chi connectivity index (χ3n) is 4.36. The molecule has 26 heavy (non-hydrogen) atoms. The first-order chi connectivity index (χ1) is 12.8. The number of nitrogens with one attached hydrogen (secondary N) is 2. The zero-order valence-electron chi connectivity index (χ0n) is 14.2. The number of hydrogen-bond donors (Lipinski definition) is 2. The monoisotopic (exact) mass is 345 g/mol. The Morgan fingerprint density at radius 1 is 1.12 bits per heavy atom. The van der Waals surface area contributed by atoms with E-state index < -0.39 is 0 Å². The molecule has 2 N–H and O–H groups in total. The molecule has 1 amide bonds. The lowest BCUT2D eigenvalue weighted by atomic mass is 10.1. The Hall–Kier alpha value is -3.41. The van der Waals surface area contributed by atoms with Gasteiger partial charge < -0.3 is 10.3 Å². The predicted molar refractivity (Wildman–Crippen MR) is 101 cm³/mol. The highest BCUT2D eigenvalue weighted by Crippen LogP contribution is 2.19. The number of anilines is 1. The van der Waals surface area contributed by atoms with Crippen molar-refractivity contribution in [2.24, 2.45) is 0 Å². The third kappa shape index (κ3) is 3.49. The van der Waals surface area contributed by atoms with Crippen molar-refractivity contribution in [2.45, 2.75) is 19.3 Å². The highest BCUT2D eigenvalue weighted by molar-refractivity contribution is 5.90. The summed E-state index contributed by atoms with van der Waals surface area (Å²) in [5, 5.41) is 8.25. The number of hydrogen-bond acceptors (Lipinski definition) is 3. The lowest BCUT2D eigenvalue weighted by molar-refractivity contribution is -0.116. The number of fused-ring (bicyclic) bond motifs is 1. The van der Waals surface area contributed by atoms with E-state index in [1.54, 1.807) is 11.0 Å². The molecule has 2 heterocycles. The minimum atomic E-state index is 0.0262. The second kappa shape index (κ2) is 7.23. The molecule has 6 nitrogen and oxygen atoms in total. The number of para-hydroxylation sites is 1. The van der Waals surface area contributed by atoms with Gasteiger partial charge in [-0.05, 0) is 48.7 Å². The second-order valence-corrected chi connectivity index (χ2v) is 6.15. The highest BCUT2D eigenvalue weighted by Gasteiger charge is 2.06. The molecule has 6 heteroatoms.